The zero-order valence-corrected chi connectivity index (χ0v) is 20.9. The van der Waals surface area contributed by atoms with Gasteiger partial charge in [-0.3, -0.25) is 10.1 Å². The van der Waals surface area contributed by atoms with Crippen molar-refractivity contribution in [1.29, 1.82) is 0 Å². The highest BCUT2D eigenvalue weighted by atomic mass is 32.1. The van der Waals surface area contributed by atoms with E-state index in [0.717, 1.165) is 35.2 Å². The van der Waals surface area contributed by atoms with E-state index in [1.165, 1.54) is 26.4 Å². The zero-order valence-electron chi connectivity index (χ0n) is 20.1. The highest BCUT2D eigenvalue weighted by Gasteiger charge is 2.38. The van der Waals surface area contributed by atoms with Crippen LogP contribution in [0.2, 0.25) is 0 Å². The summed E-state index contributed by atoms with van der Waals surface area (Å²) in [5, 5.41) is 32.6. The van der Waals surface area contributed by atoms with Gasteiger partial charge in [-0.15, -0.1) is 11.3 Å². The number of rotatable bonds is 6. The first kappa shape index (κ1) is 24.7. The number of aliphatic hydroxyl groups excluding tert-OH is 2. The maximum absolute atomic E-state index is 12.8. The number of aromatic nitrogens is 2. The van der Waals surface area contributed by atoms with Gasteiger partial charge >= 0.3 is 11.7 Å². The average Bonchev–Trinajstić information content (AvgIpc) is 3.50. The number of nitrogens with zero attached hydrogens (tertiary/aromatic N) is 4. The normalized spacial score (nSPS) is 21.1. The van der Waals surface area contributed by atoms with Crippen molar-refractivity contribution in [3.05, 3.63) is 40.2 Å². The molecule has 0 bridgehead atoms. The Hall–Kier alpha value is -3.02. The van der Waals surface area contributed by atoms with Crippen molar-refractivity contribution in [2.45, 2.75) is 50.7 Å². The van der Waals surface area contributed by atoms with Gasteiger partial charge in [0.15, 0.2) is 5.56 Å². The SMILES string of the molecule is COC(=O)c1c(N2CC[C@H](CO)[C@@H](O)C2)sc(-c2ccc3c(c2)ncn3C2CCCCC2)c1[N+](=O)[O-]. The number of anilines is 1. The molecule has 2 aromatic heterocycles. The molecule has 2 aliphatic rings. The molecule has 1 aromatic carbocycles. The fourth-order valence-corrected chi connectivity index (χ4v) is 6.78. The molecule has 2 N–H and O–H groups in total. The summed E-state index contributed by atoms with van der Waals surface area (Å²) in [6.07, 6.45) is 7.45. The minimum Gasteiger partial charge on any atom is -0.465 e. The number of ether oxygens (including phenoxy) is 1. The number of thiophene rings is 1. The summed E-state index contributed by atoms with van der Waals surface area (Å²) < 4.78 is 7.14. The maximum Gasteiger partial charge on any atom is 0.347 e. The van der Waals surface area contributed by atoms with Crippen LogP contribution in [0.25, 0.3) is 21.5 Å². The predicted octanol–water partition coefficient (Wildman–Crippen LogP) is 4.14. The summed E-state index contributed by atoms with van der Waals surface area (Å²) in [5.74, 6) is -1.06. The molecule has 2 fully saturated rings. The molecule has 1 aliphatic carbocycles. The molecule has 192 valence electrons. The number of methoxy groups -OCH3 is 1. The topological polar surface area (TPSA) is 131 Å². The van der Waals surface area contributed by atoms with Gasteiger partial charge in [0.05, 0.1) is 35.5 Å². The Labute approximate surface area is 212 Å². The highest BCUT2D eigenvalue weighted by molar-refractivity contribution is 7.20. The monoisotopic (exact) mass is 514 g/mol. The standard InChI is InChI=1S/C25H30N4O6S/c1-35-25(32)21-22(29(33)34)23(36-24(21)27-10-9-16(13-30)20(31)12-27)15-7-8-19-18(11-15)26-14-28(19)17-5-3-2-4-6-17/h7-8,11,14,16-17,20,30-31H,2-6,9-10,12-13H2,1H3/t16-,20+/m1/s1. The smallest absolute Gasteiger partial charge is 0.347 e. The number of β-amino-alcohol motifs (C(OH)–C–C–N with tert-alkyl or cyclic N) is 1. The predicted molar refractivity (Wildman–Crippen MR) is 137 cm³/mol. The summed E-state index contributed by atoms with van der Waals surface area (Å²) in [6, 6.07) is 6.05. The molecule has 0 unspecified atom stereocenters. The van der Waals surface area contributed by atoms with Gasteiger partial charge in [0.1, 0.15) is 9.88 Å². The summed E-state index contributed by atoms with van der Waals surface area (Å²) in [6.45, 7) is 0.480. The van der Waals surface area contributed by atoms with Crippen molar-refractivity contribution >= 4 is 39.0 Å². The molecule has 1 aliphatic heterocycles. The average molecular weight is 515 g/mol. The van der Waals surface area contributed by atoms with Crippen molar-refractivity contribution in [3.63, 3.8) is 0 Å². The molecule has 0 amide bonds. The number of nitro groups is 1. The first-order chi connectivity index (χ1) is 17.4. The molecule has 1 saturated carbocycles. The van der Waals surface area contributed by atoms with Crippen molar-refractivity contribution in [1.82, 2.24) is 9.55 Å². The van der Waals surface area contributed by atoms with Crippen LogP contribution in [0.3, 0.4) is 0 Å². The highest BCUT2D eigenvalue weighted by Crippen LogP contribution is 2.48. The van der Waals surface area contributed by atoms with Crippen molar-refractivity contribution < 1.29 is 24.7 Å². The van der Waals surface area contributed by atoms with Crippen LogP contribution in [-0.4, -0.2) is 63.6 Å². The Morgan fingerprint density at radius 1 is 1.28 bits per heavy atom. The molecule has 36 heavy (non-hydrogen) atoms. The van der Waals surface area contributed by atoms with Crippen molar-refractivity contribution in [2.75, 3.05) is 31.7 Å². The van der Waals surface area contributed by atoms with E-state index in [1.54, 1.807) is 4.90 Å². The number of carbonyl (C=O) groups is 1. The quantitative estimate of drug-likeness (QED) is 0.285. The van der Waals surface area contributed by atoms with Gasteiger partial charge in [-0.2, -0.15) is 0 Å². The van der Waals surface area contributed by atoms with Gasteiger partial charge in [0.25, 0.3) is 0 Å². The largest absolute Gasteiger partial charge is 0.465 e. The first-order valence-corrected chi connectivity index (χ1v) is 13.1. The number of imidazole rings is 1. The van der Waals surface area contributed by atoms with Crippen LogP contribution in [0.1, 0.15) is 54.9 Å². The van der Waals surface area contributed by atoms with Crippen LogP contribution in [0.15, 0.2) is 24.5 Å². The Kier molecular flexibility index (Phi) is 6.96. The number of fused-ring (bicyclic) bond motifs is 1. The molecule has 0 radical (unpaired) electrons. The van der Waals surface area contributed by atoms with Crippen LogP contribution in [0.4, 0.5) is 10.7 Å². The van der Waals surface area contributed by atoms with Crippen molar-refractivity contribution in [2.24, 2.45) is 5.92 Å². The number of aliphatic hydroxyl groups is 2. The molecule has 1 saturated heterocycles. The number of carbonyl (C=O) groups excluding carboxylic acids is 1. The Bertz CT molecular complexity index is 1280. The van der Waals surface area contributed by atoms with E-state index in [2.05, 4.69) is 9.55 Å². The van der Waals surface area contributed by atoms with E-state index in [4.69, 9.17) is 4.74 Å². The lowest BCUT2D eigenvalue weighted by Crippen LogP contribution is -2.45. The molecule has 0 spiro atoms. The van der Waals surface area contributed by atoms with Gasteiger partial charge in [0.2, 0.25) is 0 Å². The number of esters is 1. The molecule has 11 heteroatoms. The van der Waals surface area contributed by atoms with E-state index in [-0.39, 0.29) is 30.3 Å². The van der Waals surface area contributed by atoms with E-state index >= 15 is 0 Å². The number of piperidine rings is 1. The second-order valence-corrected chi connectivity index (χ2v) is 10.6. The lowest BCUT2D eigenvalue weighted by Gasteiger charge is -2.35. The minimum absolute atomic E-state index is 0.106. The number of benzene rings is 1. The third-order valence-corrected chi connectivity index (χ3v) is 8.77. The van der Waals surface area contributed by atoms with Crippen molar-refractivity contribution in [3.8, 4) is 10.4 Å². The Morgan fingerprint density at radius 2 is 2.06 bits per heavy atom. The van der Waals surface area contributed by atoms with Gasteiger partial charge < -0.3 is 24.4 Å². The Morgan fingerprint density at radius 3 is 2.72 bits per heavy atom. The van der Waals surface area contributed by atoms with Crippen LogP contribution in [0, 0.1) is 16.0 Å². The third-order valence-electron chi connectivity index (χ3n) is 7.48. The Balaban J connectivity index is 1.58. The molecule has 2 atom stereocenters. The van der Waals surface area contributed by atoms with Crippen LogP contribution in [-0.2, 0) is 4.74 Å². The van der Waals surface area contributed by atoms with Crippen LogP contribution >= 0.6 is 11.3 Å². The lowest BCUT2D eigenvalue weighted by atomic mass is 9.95. The summed E-state index contributed by atoms with van der Waals surface area (Å²) >= 11 is 1.15. The first-order valence-electron chi connectivity index (χ1n) is 12.3. The fraction of sp³-hybridized carbons (Fsp3) is 0.520. The number of hydrogen-bond acceptors (Lipinski definition) is 9. The zero-order chi connectivity index (χ0) is 25.4. The molecular formula is C25H30N4O6S. The van der Waals surface area contributed by atoms with Crippen LogP contribution < -0.4 is 4.90 Å². The number of hydrogen-bond donors (Lipinski definition) is 2. The van der Waals surface area contributed by atoms with E-state index in [9.17, 15) is 25.1 Å². The molecular weight excluding hydrogens is 484 g/mol. The summed E-state index contributed by atoms with van der Waals surface area (Å²) in [7, 11) is 1.20. The van der Waals surface area contributed by atoms with Crippen LogP contribution in [0.5, 0.6) is 0 Å². The fourth-order valence-electron chi connectivity index (χ4n) is 5.49. The summed E-state index contributed by atoms with van der Waals surface area (Å²) in [4.78, 5) is 31.2. The molecule has 3 heterocycles. The molecule has 3 aromatic rings. The van der Waals surface area contributed by atoms with E-state index in [0.29, 0.717) is 34.4 Å². The molecule has 10 nitrogen and oxygen atoms in total. The lowest BCUT2D eigenvalue weighted by molar-refractivity contribution is -0.384. The minimum atomic E-state index is -0.807. The van der Waals surface area contributed by atoms with Gasteiger partial charge in [-0.25, -0.2) is 9.78 Å². The second-order valence-electron chi connectivity index (χ2n) is 9.60. The summed E-state index contributed by atoms with van der Waals surface area (Å²) in [5.41, 5.74) is 1.94. The second kappa shape index (κ2) is 10.2. The van der Waals surface area contributed by atoms with E-state index < -0.39 is 17.0 Å². The third kappa shape index (κ3) is 4.35. The van der Waals surface area contributed by atoms with E-state index in [1.807, 2.05) is 24.5 Å². The maximum atomic E-state index is 12.8. The molecule has 5 rings (SSSR count). The van der Waals surface area contributed by atoms with Gasteiger partial charge in [-0.05, 0) is 31.4 Å². The van der Waals surface area contributed by atoms with Gasteiger partial charge in [-0.1, -0.05) is 25.3 Å². The van der Waals surface area contributed by atoms with Gasteiger partial charge in [0, 0.05) is 37.2 Å².